The van der Waals surface area contributed by atoms with Gasteiger partial charge in [0.2, 0.25) is 0 Å². The summed E-state index contributed by atoms with van der Waals surface area (Å²) in [7, 11) is 0. The lowest BCUT2D eigenvalue weighted by Crippen LogP contribution is -2.01. The molecule has 0 aromatic carbocycles. The largest absolute Gasteiger partial charge is 0.325 e. The predicted octanol–water partition coefficient (Wildman–Crippen LogP) is 1.49. The minimum Gasteiger partial charge on any atom is -0.325 e. The summed E-state index contributed by atoms with van der Waals surface area (Å²) in [4.78, 5) is 4.25. The molecule has 2 aromatic rings. The maximum atomic E-state index is 5.63. The zero-order valence-corrected chi connectivity index (χ0v) is 8.79. The molecule has 0 amide bonds. The fraction of sp³-hybridized carbons (Fsp3) is 0.333. The SMILES string of the molecule is CCn1cc(-c2nccs2)c(CN)n1. The summed E-state index contributed by atoms with van der Waals surface area (Å²) in [5.41, 5.74) is 7.60. The summed E-state index contributed by atoms with van der Waals surface area (Å²) in [6.07, 6.45) is 3.80. The van der Waals surface area contributed by atoms with E-state index in [1.807, 2.05) is 16.3 Å². The molecule has 2 aromatic heterocycles. The topological polar surface area (TPSA) is 56.7 Å². The van der Waals surface area contributed by atoms with Gasteiger partial charge in [0, 0.05) is 30.9 Å². The summed E-state index contributed by atoms with van der Waals surface area (Å²) in [6.45, 7) is 3.37. The average Bonchev–Trinajstić information content (AvgIpc) is 2.85. The van der Waals surface area contributed by atoms with E-state index >= 15 is 0 Å². The van der Waals surface area contributed by atoms with Gasteiger partial charge in [0.05, 0.1) is 11.3 Å². The van der Waals surface area contributed by atoms with Crippen molar-refractivity contribution < 1.29 is 0 Å². The molecule has 5 heteroatoms. The summed E-state index contributed by atoms with van der Waals surface area (Å²) in [5.74, 6) is 0. The van der Waals surface area contributed by atoms with Crippen LogP contribution in [-0.4, -0.2) is 14.8 Å². The van der Waals surface area contributed by atoms with Gasteiger partial charge in [-0.3, -0.25) is 4.68 Å². The highest BCUT2D eigenvalue weighted by molar-refractivity contribution is 7.13. The van der Waals surface area contributed by atoms with E-state index in [-0.39, 0.29) is 0 Å². The van der Waals surface area contributed by atoms with E-state index in [2.05, 4.69) is 17.0 Å². The van der Waals surface area contributed by atoms with Crippen molar-refractivity contribution in [2.75, 3.05) is 0 Å². The molecule has 2 heterocycles. The summed E-state index contributed by atoms with van der Waals surface area (Å²) < 4.78 is 1.89. The van der Waals surface area contributed by atoms with Gasteiger partial charge in [-0.05, 0) is 6.92 Å². The van der Waals surface area contributed by atoms with E-state index in [1.54, 1.807) is 17.5 Å². The molecule has 0 saturated heterocycles. The van der Waals surface area contributed by atoms with Gasteiger partial charge in [0.1, 0.15) is 5.01 Å². The highest BCUT2D eigenvalue weighted by Gasteiger charge is 2.10. The molecule has 0 saturated carbocycles. The van der Waals surface area contributed by atoms with Crippen LogP contribution in [0.15, 0.2) is 17.8 Å². The van der Waals surface area contributed by atoms with Gasteiger partial charge in [-0.15, -0.1) is 11.3 Å². The number of aromatic nitrogens is 3. The van der Waals surface area contributed by atoms with Gasteiger partial charge in [0.15, 0.2) is 0 Å². The van der Waals surface area contributed by atoms with Gasteiger partial charge in [-0.2, -0.15) is 5.10 Å². The quantitative estimate of drug-likeness (QED) is 0.831. The Kier molecular flexibility index (Phi) is 2.60. The zero-order chi connectivity index (χ0) is 9.97. The number of nitrogens with two attached hydrogens (primary N) is 1. The monoisotopic (exact) mass is 208 g/mol. The Balaban J connectivity index is 2.46. The molecule has 0 spiro atoms. The predicted molar refractivity (Wildman–Crippen MR) is 56.9 cm³/mol. The number of nitrogens with zero attached hydrogens (tertiary/aromatic N) is 3. The first-order chi connectivity index (χ1) is 6.85. The Bertz CT molecular complexity index is 404. The van der Waals surface area contributed by atoms with Gasteiger partial charge >= 0.3 is 0 Å². The Morgan fingerprint density at radius 1 is 1.57 bits per heavy atom. The lowest BCUT2D eigenvalue weighted by atomic mass is 10.2. The van der Waals surface area contributed by atoms with Crippen LogP contribution in [0.25, 0.3) is 10.6 Å². The third-order valence-corrected chi connectivity index (χ3v) is 2.82. The molecule has 2 rings (SSSR count). The lowest BCUT2D eigenvalue weighted by Gasteiger charge is -1.92. The standard InChI is InChI=1S/C9H12N4S/c1-2-13-6-7(8(5-10)12-13)9-11-3-4-14-9/h3-4,6H,2,5,10H2,1H3. The molecule has 0 bridgehead atoms. The van der Waals surface area contributed by atoms with Crippen LogP contribution < -0.4 is 5.73 Å². The number of thiazole rings is 1. The van der Waals surface area contributed by atoms with E-state index < -0.39 is 0 Å². The van der Waals surface area contributed by atoms with Crippen LogP contribution in [0.3, 0.4) is 0 Å². The number of rotatable bonds is 3. The fourth-order valence-electron chi connectivity index (χ4n) is 1.31. The first-order valence-electron chi connectivity index (χ1n) is 4.51. The zero-order valence-electron chi connectivity index (χ0n) is 7.97. The van der Waals surface area contributed by atoms with E-state index in [9.17, 15) is 0 Å². The van der Waals surface area contributed by atoms with Crippen molar-refractivity contribution in [2.45, 2.75) is 20.0 Å². The molecule has 14 heavy (non-hydrogen) atoms. The smallest absolute Gasteiger partial charge is 0.126 e. The van der Waals surface area contributed by atoms with Crippen molar-refractivity contribution in [3.8, 4) is 10.6 Å². The second-order valence-electron chi connectivity index (χ2n) is 2.89. The van der Waals surface area contributed by atoms with Crippen LogP contribution in [-0.2, 0) is 13.1 Å². The van der Waals surface area contributed by atoms with E-state index in [1.165, 1.54) is 0 Å². The molecule has 0 aliphatic rings. The van der Waals surface area contributed by atoms with Crippen molar-refractivity contribution in [3.05, 3.63) is 23.5 Å². The molecule has 0 unspecified atom stereocenters. The van der Waals surface area contributed by atoms with Crippen molar-refractivity contribution in [3.63, 3.8) is 0 Å². The summed E-state index contributed by atoms with van der Waals surface area (Å²) in [5, 5.41) is 7.31. The van der Waals surface area contributed by atoms with E-state index in [4.69, 9.17) is 5.73 Å². The first-order valence-corrected chi connectivity index (χ1v) is 5.39. The minimum atomic E-state index is 0.460. The normalized spacial score (nSPS) is 10.7. The minimum absolute atomic E-state index is 0.460. The highest BCUT2D eigenvalue weighted by atomic mass is 32.1. The molecular formula is C9H12N4S. The molecule has 0 radical (unpaired) electrons. The molecule has 0 atom stereocenters. The number of hydrogen-bond acceptors (Lipinski definition) is 4. The number of hydrogen-bond donors (Lipinski definition) is 1. The van der Waals surface area contributed by atoms with E-state index in [0.717, 1.165) is 22.8 Å². The Labute approximate surface area is 86.4 Å². The van der Waals surface area contributed by atoms with Crippen molar-refractivity contribution in [1.29, 1.82) is 0 Å². The fourth-order valence-corrected chi connectivity index (χ4v) is 1.98. The molecule has 0 aliphatic carbocycles. The van der Waals surface area contributed by atoms with Gasteiger partial charge < -0.3 is 5.73 Å². The van der Waals surface area contributed by atoms with Gasteiger partial charge in [-0.25, -0.2) is 4.98 Å². The first kappa shape index (κ1) is 9.36. The molecule has 74 valence electrons. The average molecular weight is 208 g/mol. The van der Waals surface area contributed by atoms with Crippen molar-refractivity contribution in [1.82, 2.24) is 14.8 Å². The second kappa shape index (κ2) is 3.89. The van der Waals surface area contributed by atoms with Crippen LogP contribution in [0, 0.1) is 0 Å². The van der Waals surface area contributed by atoms with Gasteiger partial charge in [0.25, 0.3) is 0 Å². The third-order valence-electron chi connectivity index (χ3n) is 2.02. The van der Waals surface area contributed by atoms with Gasteiger partial charge in [-0.1, -0.05) is 0 Å². The molecule has 0 fully saturated rings. The van der Waals surface area contributed by atoms with Crippen molar-refractivity contribution in [2.24, 2.45) is 5.73 Å². The molecular weight excluding hydrogens is 196 g/mol. The van der Waals surface area contributed by atoms with Crippen molar-refractivity contribution >= 4 is 11.3 Å². The molecule has 4 nitrogen and oxygen atoms in total. The lowest BCUT2D eigenvalue weighted by molar-refractivity contribution is 0.647. The molecule has 2 N–H and O–H groups in total. The van der Waals surface area contributed by atoms with Crippen LogP contribution >= 0.6 is 11.3 Å². The summed E-state index contributed by atoms with van der Waals surface area (Å²) in [6, 6.07) is 0. The maximum Gasteiger partial charge on any atom is 0.126 e. The van der Waals surface area contributed by atoms with E-state index in [0.29, 0.717) is 6.54 Å². The number of aryl methyl sites for hydroxylation is 1. The Hall–Kier alpha value is -1.20. The maximum absolute atomic E-state index is 5.63. The highest BCUT2D eigenvalue weighted by Crippen LogP contribution is 2.24. The Morgan fingerprint density at radius 2 is 2.43 bits per heavy atom. The van der Waals surface area contributed by atoms with Crippen LogP contribution in [0.2, 0.25) is 0 Å². The van der Waals surface area contributed by atoms with Crippen LogP contribution in [0.1, 0.15) is 12.6 Å². The second-order valence-corrected chi connectivity index (χ2v) is 3.78. The summed E-state index contributed by atoms with van der Waals surface area (Å²) >= 11 is 1.61. The third kappa shape index (κ3) is 1.56. The van der Waals surface area contributed by atoms with Crippen LogP contribution in [0.4, 0.5) is 0 Å². The van der Waals surface area contributed by atoms with Crippen LogP contribution in [0.5, 0.6) is 0 Å². The molecule has 0 aliphatic heterocycles. The Morgan fingerprint density at radius 3 is 3.00 bits per heavy atom.